The van der Waals surface area contributed by atoms with Gasteiger partial charge in [-0.15, -0.1) is 0 Å². The molecule has 4 fully saturated rings. The molecule has 5 aliphatic rings. The summed E-state index contributed by atoms with van der Waals surface area (Å²) in [6.07, 6.45) is 6.15. The molecule has 62 heavy (non-hydrogen) atoms. The smallest absolute Gasteiger partial charge is 0.410 e. The molecule has 1 aromatic carbocycles. The van der Waals surface area contributed by atoms with E-state index in [1.807, 2.05) is 65.8 Å². The largest absolute Gasteiger partial charge is 0.444 e. The van der Waals surface area contributed by atoms with Crippen LogP contribution in [-0.2, 0) is 46.5 Å². The van der Waals surface area contributed by atoms with Gasteiger partial charge in [-0.1, -0.05) is 104 Å². The second kappa shape index (κ2) is 18.8. The Morgan fingerprint density at radius 2 is 1.53 bits per heavy atom. The minimum Gasteiger partial charge on any atom is -0.444 e. The molecule has 0 aromatic heterocycles. The van der Waals surface area contributed by atoms with Crippen molar-refractivity contribution in [1.29, 1.82) is 0 Å². The van der Waals surface area contributed by atoms with Crippen LogP contribution in [0.5, 0.6) is 0 Å². The van der Waals surface area contributed by atoms with Crippen LogP contribution in [0.15, 0.2) is 24.3 Å². The van der Waals surface area contributed by atoms with Crippen molar-refractivity contribution >= 4 is 47.4 Å². The molecule has 2 aliphatic carbocycles. The molecule has 6 rings (SSSR count). The van der Waals surface area contributed by atoms with Crippen molar-refractivity contribution < 1.29 is 43.1 Å². The van der Waals surface area contributed by atoms with E-state index in [4.69, 9.17) is 10.5 Å². The molecule has 0 bridgehead atoms. The van der Waals surface area contributed by atoms with Crippen LogP contribution < -0.4 is 21.7 Å². The van der Waals surface area contributed by atoms with E-state index in [9.17, 15) is 33.6 Å². The first-order valence-corrected chi connectivity index (χ1v) is 22.5. The lowest BCUT2D eigenvalue weighted by Crippen LogP contribution is -2.63. The van der Waals surface area contributed by atoms with Gasteiger partial charge >= 0.3 is 12.1 Å². The van der Waals surface area contributed by atoms with E-state index < -0.39 is 82.1 Å². The van der Waals surface area contributed by atoms with Gasteiger partial charge in [0.2, 0.25) is 29.4 Å². The Balaban J connectivity index is 1.25. The average molecular weight is 862 g/mol. The molecule has 2 saturated heterocycles. The van der Waals surface area contributed by atoms with Crippen molar-refractivity contribution in [2.24, 2.45) is 27.9 Å². The zero-order chi connectivity index (χ0) is 45.1. The van der Waals surface area contributed by atoms with E-state index in [-0.39, 0.29) is 56.5 Å². The summed E-state index contributed by atoms with van der Waals surface area (Å²) in [6, 6.07) is 2.97. The van der Waals surface area contributed by atoms with E-state index in [0.717, 1.165) is 49.7 Å². The lowest BCUT2D eigenvalue weighted by atomic mass is 9.70. The number of amides is 8. The molecule has 0 spiro atoms. The fraction of sp³-hybridized carbons (Fsp3) is 0.696. The quantitative estimate of drug-likeness (QED) is 0.166. The maximum absolute atomic E-state index is 15.2. The van der Waals surface area contributed by atoms with E-state index in [2.05, 4.69) is 16.0 Å². The molecule has 3 heterocycles. The number of ether oxygens (including phenoxy) is 1. The Labute approximate surface area is 365 Å². The second-order valence-corrected chi connectivity index (χ2v) is 20.6. The summed E-state index contributed by atoms with van der Waals surface area (Å²) in [7, 11) is 0. The molecule has 0 radical (unpaired) electrons. The van der Waals surface area contributed by atoms with Crippen LogP contribution in [0.25, 0.3) is 0 Å². The predicted octanol–water partition coefficient (Wildman–Crippen LogP) is 4.11. The highest BCUT2D eigenvalue weighted by Gasteiger charge is 2.50. The Bertz CT molecular complexity index is 1900. The highest BCUT2D eigenvalue weighted by Crippen LogP contribution is 2.41. The topological polar surface area (TPSA) is 218 Å². The number of carbonyl (C=O) groups is 8. The summed E-state index contributed by atoms with van der Waals surface area (Å²) < 4.78 is 6.04. The molecule has 340 valence electrons. The molecule has 5 atom stereocenters. The number of ketones is 1. The van der Waals surface area contributed by atoms with Crippen molar-refractivity contribution in [1.82, 2.24) is 30.7 Å². The normalized spacial score (nSPS) is 23.9. The molecule has 5 N–H and O–H groups in total. The monoisotopic (exact) mass is 862 g/mol. The van der Waals surface area contributed by atoms with Crippen LogP contribution in [0.1, 0.15) is 130 Å². The first-order chi connectivity index (χ1) is 29.1. The van der Waals surface area contributed by atoms with Gasteiger partial charge in [0.15, 0.2) is 0 Å². The van der Waals surface area contributed by atoms with Gasteiger partial charge in [0.05, 0.1) is 18.6 Å². The third kappa shape index (κ3) is 10.9. The summed E-state index contributed by atoms with van der Waals surface area (Å²) in [5.74, 6) is -3.83. The number of fused-ring (bicyclic) bond motifs is 1. The van der Waals surface area contributed by atoms with Crippen molar-refractivity contribution in [3.8, 4) is 0 Å². The van der Waals surface area contributed by atoms with Crippen LogP contribution in [0, 0.1) is 22.2 Å². The average Bonchev–Trinajstić information content (AvgIpc) is 3.61. The van der Waals surface area contributed by atoms with Gasteiger partial charge < -0.3 is 36.2 Å². The number of carbonyl (C=O) groups excluding carboxylic acids is 8. The van der Waals surface area contributed by atoms with Gasteiger partial charge in [0, 0.05) is 38.9 Å². The number of benzene rings is 1. The fourth-order valence-corrected chi connectivity index (χ4v) is 9.79. The number of hydrogen-bond acceptors (Lipinski definition) is 9. The number of urea groups is 1. The molecule has 1 unspecified atom stereocenters. The summed E-state index contributed by atoms with van der Waals surface area (Å²) in [5, 5.41) is 8.71. The number of nitrogens with two attached hydrogens (primary N) is 1. The summed E-state index contributed by atoms with van der Waals surface area (Å²) in [4.78, 5) is 113. The van der Waals surface area contributed by atoms with Crippen LogP contribution in [0.3, 0.4) is 0 Å². The van der Waals surface area contributed by atoms with Gasteiger partial charge in [-0.25, -0.2) is 9.59 Å². The van der Waals surface area contributed by atoms with Crippen LogP contribution in [0.4, 0.5) is 9.59 Å². The van der Waals surface area contributed by atoms with E-state index >= 15 is 4.79 Å². The fourth-order valence-electron chi connectivity index (χ4n) is 9.79. The number of Topliss-reactive ketones (excluding diaryl/α,β-unsaturated/α-hetero) is 1. The molecule has 1 aromatic rings. The van der Waals surface area contributed by atoms with Crippen LogP contribution in [0.2, 0.25) is 0 Å². The molecule has 3 aliphatic heterocycles. The minimum atomic E-state index is -1.21. The molecule has 16 heteroatoms. The Kier molecular flexibility index (Phi) is 14.1. The molecular formula is C46H67N7O9. The standard InChI is InChI=1S/C46H67N7O9/c1-44(2,3)34(27-53-35(54)23-45(4,5)24-36(53)55)49-42(60)50-38(46(6)18-10-7-11-19-46)41(59)52-26-31(62-43(61)51-20-17-29-15-8-9-16-30(29)25-51)22-33(52)40(58)48-32(37(56)39(47)57)21-28-13-12-14-28/h8-9,15-16,28,31-34,38H,7,10-14,17-27H2,1-6H3,(H2,47,57)(H,48,58)(H2,49,50,60)/t31-,32?,33+,34-,38-/m1/s1. The van der Waals surface area contributed by atoms with Gasteiger partial charge in [-0.05, 0) is 59.0 Å². The molecule has 2 saturated carbocycles. The first-order valence-electron chi connectivity index (χ1n) is 22.5. The van der Waals surface area contributed by atoms with E-state index in [1.54, 1.807) is 4.90 Å². The van der Waals surface area contributed by atoms with Gasteiger partial charge in [0.1, 0.15) is 18.2 Å². The van der Waals surface area contributed by atoms with Crippen molar-refractivity contribution in [3.05, 3.63) is 35.4 Å². The van der Waals surface area contributed by atoms with Gasteiger partial charge in [-0.2, -0.15) is 0 Å². The van der Waals surface area contributed by atoms with Crippen molar-refractivity contribution in [3.63, 3.8) is 0 Å². The number of nitrogens with zero attached hydrogens (tertiary/aromatic N) is 3. The lowest BCUT2D eigenvalue weighted by Gasteiger charge is -2.43. The Morgan fingerprint density at radius 1 is 0.887 bits per heavy atom. The third-order valence-corrected chi connectivity index (χ3v) is 14.0. The summed E-state index contributed by atoms with van der Waals surface area (Å²) in [5.41, 5.74) is 5.77. The number of piperidine rings is 1. The van der Waals surface area contributed by atoms with E-state index in [1.165, 1.54) is 9.80 Å². The summed E-state index contributed by atoms with van der Waals surface area (Å²) >= 11 is 0. The van der Waals surface area contributed by atoms with Gasteiger partial charge in [0.25, 0.3) is 5.91 Å². The number of hydrogen-bond donors (Lipinski definition) is 4. The number of imide groups is 1. The highest BCUT2D eigenvalue weighted by atomic mass is 16.6. The highest BCUT2D eigenvalue weighted by molar-refractivity contribution is 6.37. The zero-order valence-electron chi connectivity index (χ0n) is 37.4. The second-order valence-electron chi connectivity index (χ2n) is 20.6. The maximum Gasteiger partial charge on any atom is 0.410 e. The van der Waals surface area contributed by atoms with Crippen LogP contribution in [-0.4, -0.2) is 112 Å². The van der Waals surface area contributed by atoms with Gasteiger partial charge in [-0.3, -0.25) is 33.7 Å². The minimum absolute atomic E-state index is 0.0450. The molecule has 8 amide bonds. The summed E-state index contributed by atoms with van der Waals surface area (Å²) in [6.45, 7) is 12.0. The zero-order valence-corrected chi connectivity index (χ0v) is 37.4. The molecular weight excluding hydrogens is 795 g/mol. The number of nitrogens with one attached hydrogen (secondary N) is 3. The SMILES string of the molecule is CC1(C)CC(=O)N(C[C@@H](NC(=O)N[C@H](C(=O)N2C[C@H](OC(=O)N3CCc4ccccc4C3)C[C@H]2C(=O)NC(CC2CCC2)C(=O)C(N)=O)C2(C)CCCCC2)C(C)(C)C)C(=O)C1. The third-order valence-electron chi connectivity index (χ3n) is 14.0. The predicted molar refractivity (Wildman–Crippen MR) is 229 cm³/mol. The lowest BCUT2D eigenvalue weighted by molar-refractivity contribution is -0.153. The number of likely N-dealkylation sites (tertiary alicyclic amines) is 2. The number of primary amides is 1. The van der Waals surface area contributed by atoms with E-state index in [0.29, 0.717) is 32.4 Å². The number of rotatable bonds is 13. The van der Waals surface area contributed by atoms with Crippen LogP contribution >= 0.6 is 0 Å². The Morgan fingerprint density at radius 3 is 2.13 bits per heavy atom. The van der Waals surface area contributed by atoms with Crippen molar-refractivity contribution in [2.45, 2.75) is 162 Å². The Hall–Kier alpha value is -5.02. The maximum atomic E-state index is 15.2. The van der Waals surface area contributed by atoms with Crippen molar-refractivity contribution in [2.75, 3.05) is 19.6 Å². The molecule has 16 nitrogen and oxygen atoms in total. The first kappa shape index (κ1) is 46.5.